The molecule has 2 rings (SSSR count). The van der Waals surface area contributed by atoms with Crippen molar-refractivity contribution in [1.29, 1.82) is 0 Å². The van der Waals surface area contributed by atoms with Crippen molar-refractivity contribution in [2.24, 2.45) is 0 Å². The maximum absolute atomic E-state index is 11.4. The molecule has 0 aliphatic rings. The number of benzene rings is 1. The molecular formula is C14H15ClN4O2. The van der Waals surface area contributed by atoms with Crippen LogP contribution in [0.5, 0.6) is 5.75 Å². The molecule has 0 fully saturated rings. The van der Waals surface area contributed by atoms with Gasteiger partial charge in [-0.15, -0.1) is 10.2 Å². The molecule has 1 aromatic heterocycles. The van der Waals surface area contributed by atoms with Crippen LogP contribution in [-0.2, 0) is 6.42 Å². The first-order valence-corrected chi connectivity index (χ1v) is 6.70. The smallest absolute Gasteiger partial charge is 0.251 e. The lowest BCUT2D eigenvalue weighted by atomic mass is 10.1. The van der Waals surface area contributed by atoms with Gasteiger partial charge in [-0.3, -0.25) is 4.79 Å². The minimum absolute atomic E-state index is 0.108. The average molecular weight is 307 g/mol. The Balaban J connectivity index is 1.91. The normalized spacial score (nSPS) is 10.2. The Morgan fingerprint density at radius 3 is 2.71 bits per heavy atom. The van der Waals surface area contributed by atoms with Crippen LogP contribution in [0.2, 0.25) is 5.15 Å². The molecule has 0 unspecified atom stereocenters. The molecule has 1 aromatic carbocycles. The third-order valence-corrected chi connectivity index (χ3v) is 3.03. The van der Waals surface area contributed by atoms with Crippen molar-refractivity contribution in [2.75, 3.05) is 19.4 Å². The van der Waals surface area contributed by atoms with Crippen LogP contribution in [0.25, 0.3) is 0 Å². The number of ether oxygens (including phenoxy) is 1. The lowest BCUT2D eigenvalue weighted by Gasteiger charge is -2.08. The van der Waals surface area contributed by atoms with Crippen molar-refractivity contribution in [3.8, 4) is 5.75 Å². The molecule has 0 saturated carbocycles. The van der Waals surface area contributed by atoms with E-state index in [1.54, 1.807) is 19.2 Å². The van der Waals surface area contributed by atoms with Gasteiger partial charge in [-0.1, -0.05) is 23.7 Å². The highest BCUT2D eigenvalue weighted by Gasteiger charge is 2.05. The lowest BCUT2D eigenvalue weighted by molar-refractivity contribution is 0.0963. The van der Waals surface area contributed by atoms with Gasteiger partial charge in [-0.2, -0.15) is 0 Å². The molecule has 0 saturated heterocycles. The number of nitrogens with zero attached hydrogens (tertiary/aromatic N) is 2. The summed E-state index contributed by atoms with van der Waals surface area (Å²) >= 11 is 5.73. The fourth-order valence-corrected chi connectivity index (χ4v) is 1.86. The largest absolute Gasteiger partial charge is 0.489 e. The second-order valence-corrected chi connectivity index (χ2v) is 4.68. The van der Waals surface area contributed by atoms with Crippen molar-refractivity contribution in [1.82, 2.24) is 15.5 Å². The zero-order chi connectivity index (χ0) is 15.2. The van der Waals surface area contributed by atoms with Crippen LogP contribution in [-0.4, -0.2) is 29.8 Å². The van der Waals surface area contributed by atoms with Crippen molar-refractivity contribution >= 4 is 23.3 Å². The highest BCUT2D eigenvalue weighted by atomic mass is 35.5. The number of anilines is 1. The Hall–Kier alpha value is -2.34. The molecule has 0 bridgehead atoms. The molecular weight excluding hydrogens is 292 g/mol. The van der Waals surface area contributed by atoms with E-state index < -0.39 is 0 Å². The van der Waals surface area contributed by atoms with E-state index in [2.05, 4.69) is 15.5 Å². The van der Waals surface area contributed by atoms with E-state index in [0.29, 0.717) is 24.3 Å². The Morgan fingerprint density at radius 2 is 2.05 bits per heavy atom. The molecule has 7 heteroatoms. The highest BCUT2D eigenvalue weighted by Crippen LogP contribution is 2.20. The van der Waals surface area contributed by atoms with Crippen LogP contribution in [0.1, 0.15) is 15.9 Å². The summed E-state index contributed by atoms with van der Waals surface area (Å²) in [5.74, 6) is 0.509. The van der Waals surface area contributed by atoms with Gasteiger partial charge in [0.25, 0.3) is 5.91 Å². The summed E-state index contributed by atoms with van der Waals surface area (Å²) in [5, 5.41) is 10.1. The first-order chi connectivity index (χ1) is 10.1. The van der Waals surface area contributed by atoms with Crippen LogP contribution >= 0.6 is 11.6 Å². The van der Waals surface area contributed by atoms with E-state index in [4.69, 9.17) is 22.1 Å². The minimum Gasteiger partial charge on any atom is -0.489 e. The van der Waals surface area contributed by atoms with Crippen LogP contribution in [0.3, 0.4) is 0 Å². The SMILES string of the molecule is CNC(=O)c1ccc(CCOc2cc(Cl)nnc2N)cc1. The van der Waals surface area contributed by atoms with E-state index in [-0.39, 0.29) is 16.9 Å². The third kappa shape index (κ3) is 4.06. The van der Waals surface area contributed by atoms with Crippen LogP contribution in [0.15, 0.2) is 30.3 Å². The molecule has 0 radical (unpaired) electrons. The van der Waals surface area contributed by atoms with E-state index in [1.807, 2.05) is 12.1 Å². The molecule has 2 aromatic rings. The molecule has 110 valence electrons. The molecule has 0 atom stereocenters. The van der Waals surface area contributed by atoms with Gasteiger partial charge in [0.15, 0.2) is 16.7 Å². The lowest BCUT2D eigenvalue weighted by Crippen LogP contribution is -2.17. The molecule has 6 nitrogen and oxygen atoms in total. The number of nitrogens with two attached hydrogens (primary N) is 1. The second-order valence-electron chi connectivity index (χ2n) is 4.29. The number of amides is 1. The average Bonchev–Trinajstić information content (AvgIpc) is 2.50. The Kier molecular flexibility index (Phi) is 4.94. The summed E-state index contributed by atoms with van der Waals surface area (Å²) in [6, 6.07) is 8.84. The number of halogens is 1. The van der Waals surface area contributed by atoms with Crippen molar-refractivity contribution in [2.45, 2.75) is 6.42 Å². The maximum atomic E-state index is 11.4. The Labute approximate surface area is 127 Å². The number of nitrogen functional groups attached to an aromatic ring is 1. The van der Waals surface area contributed by atoms with E-state index in [0.717, 1.165) is 5.56 Å². The fraction of sp³-hybridized carbons (Fsp3) is 0.214. The standard InChI is InChI=1S/C14H15ClN4O2/c1-17-14(20)10-4-2-9(3-5-10)6-7-21-11-8-12(15)18-19-13(11)16/h2-5,8H,6-7H2,1H3,(H2,16,19)(H,17,20). The summed E-state index contributed by atoms with van der Waals surface area (Å²) in [7, 11) is 1.60. The van der Waals surface area contributed by atoms with Gasteiger partial charge >= 0.3 is 0 Å². The van der Waals surface area contributed by atoms with Gasteiger partial charge < -0.3 is 15.8 Å². The van der Waals surface area contributed by atoms with Gasteiger partial charge in [0.1, 0.15) is 0 Å². The van der Waals surface area contributed by atoms with Gasteiger partial charge in [0, 0.05) is 25.1 Å². The Bertz CT molecular complexity index is 631. The monoisotopic (exact) mass is 306 g/mol. The number of nitrogens with one attached hydrogen (secondary N) is 1. The van der Waals surface area contributed by atoms with Gasteiger partial charge in [0.2, 0.25) is 0 Å². The van der Waals surface area contributed by atoms with E-state index >= 15 is 0 Å². The third-order valence-electron chi connectivity index (χ3n) is 2.85. The summed E-state index contributed by atoms with van der Waals surface area (Å²) in [5.41, 5.74) is 7.31. The highest BCUT2D eigenvalue weighted by molar-refractivity contribution is 6.29. The summed E-state index contributed by atoms with van der Waals surface area (Å²) < 4.78 is 5.53. The maximum Gasteiger partial charge on any atom is 0.251 e. The number of rotatable bonds is 5. The Morgan fingerprint density at radius 1 is 1.33 bits per heavy atom. The molecule has 3 N–H and O–H groups in total. The molecule has 1 amide bonds. The predicted octanol–water partition coefficient (Wildman–Crippen LogP) is 1.69. The first kappa shape index (κ1) is 15.1. The zero-order valence-electron chi connectivity index (χ0n) is 11.5. The number of carbonyl (C=O) groups is 1. The second kappa shape index (κ2) is 6.90. The van der Waals surface area contributed by atoms with Crippen LogP contribution in [0, 0.1) is 0 Å². The molecule has 0 spiro atoms. The van der Waals surface area contributed by atoms with Crippen LogP contribution in [0.4, 0.5) is 5.82 Å². The number of aromatic nitrogens is 2. The number of carbonyl (C=O) groups excluding carboxylic acids is 1. The molecule has 0 aliphatic carbocycles. The minimum atomic E-state index is -0.108. The molecule has 0 aliphatic heterocycles. The van der Waals surface area contributed by atoms with E-state index in [9.17, 15) is 4.79 Å². The predicted molar refractivity (Wildman–Crippen MR) is 80.5 cm³/mol. The van der Waals surface area contributed by atoms with Crippen molar-refractivity contribution < 1.29 is 9.53 Å². The van der Waals surface area contributed by atoms with Gasteiger partial charge in [-0.05, 0) is 17.7 Å². The summed E-state index contributed by atoms with van der Waals surface area (Å²) in [6.45, 7) is 0.422. The van der Waals surface area contributed by atoms with E-state index in [1.165, 1.54) is 6.07 Å². The first-order valence-electron chi connectivity index (χ1n) is 6.32. The van der Waals surface area contributed by atoms with Crippen molar-refractivity contribution in [3.63, 3.8) is 0 Å². The molecule has 21 heavy (non-hydrogen) atoms. The van der Waals surface area contributed by atoms with Gasteiger partial charge in [-0.25, -0.2) is 0 Å². The number of hydrogen-bond donors (Lipinski definition) is 2. The summed E-state index contributed by atoms with van der Waals surface area (Å²) in [4.78, 5) is 11.4. The van der Waals surface area contributed by atoms with Crippen LogP contribution < -0.4 is 15.8 Å². The fourth-order valence-electron chi connectivity index (χ4n) is 1.72. The van der Waals surface area contributed by atoms with Crippen molar-refractivity contribution in [3.05, 3.63) is 46.6 Å². The summed E-state index contributed by atoms with van der Waals surface area (Å²) in [6.07, 6.45) is 0.674. The quantitative estimate of drug-likeness (QED) is 0.877. The van der Waals surface area contributed by atoms with Gasteiger partial charge in [0.05, 0.1) is 6.61 Å². The molecule has 1 heterocycles. The number of hydrogen-bond acceptors (Lipinski definition) is 5. The topological polar surface area (TPSA) is 90.1 Å². The zero-order valence-corrected chi connectivity index (χ0v) is 12.2.